The van der Waals surface area contributed by atoms with Gasteiger partial charge in [0.05, 0.1) is 17.7 Å². The molecule has 0 radical (unpaired) electrons. The molecule has 0 saturated heterocycles. The van der Waals surface area contributed by atoms with Gasteiger partial charge in [0.15, 0.2) is 0 Å². The largest absolute Gasteiger partial charge is 0.462 e. The van der Waals surface area contributed by atoms with Crippen molar-refractivity contribution in [3.63, 3.8) is 0 Å². The van der Waals surface area contributed by atoms with Gasteiger partial charge in [-0.05, 0) is 46.7 Å². The average Bonchev–Trinajstić information content (AvgIpc) is 2.29. The van der Waals surface area contributed by atoms with Crippen molar-refractivity contribution in [1.29, 1.82) is 5.26 Å². The number of nitriles is 1. The van der Waals surface area contributed by atoms with Gasteiger partial charge in [0.1, 0.15) is 6.07 Å². The van der Waals surface area contributed by atoms with Crippen LogP contribution >= 0.6 is 27.7 Å². The molecule has 0 aliphatic carbocycles. The van der Waals surface area contributed by atoms with Crippen LogP contribution in [0, 0.1) is 11.3 Å². The fraction of sp³-hybridized carbons (Fsp3) is 0.273. The molecule has 0 aliphatic heterocycles. The van der Waals surface area contributed by atoms with Crippen LogP contribution in [-0.2, 0) is 4.74 Å². The summed E-state index contributed by atoms with van der Waals surface area (Å²) in [7, 11) is 0. The molecule has 1 rings (SSSR count). The van der Waals surface area contributed by atoms with Gasteiger partial charge in [-0.1, -0.05) is 0 Å². The molecule has 0 aromatic heterocycles. The number of alkyl halides is 3. The molecule has 0 heterocycles. The third kappa shape index (κ3) is 4.44. The maximum absolute atomic E-state index is 12.4. The van der Waals surface area contributed by atoms with E-state index in [1.807, 2.05) is 0 Å². The molecule has 19 heavy (non-hydrogen) atoms. The van der Waals surface area contributed by atoms with Crippen LogP contribution < -0.4 is 0 Å². The van der Waals surface area contributed by atoms with Crippen LogP contribution in [0.25, 0.3) is 0 Å². The molecule has 0 unspecified atom stereocenters. The van der Waals surface area contributed by atoms with Gasteiger partial charge in [0.25, 0.3) is 0 Å². The van der Waals surface area contributed by atoms with Gasteiger partial charge in [-0.2, -0.15) is 18.4 Å². The number of esters is 1. The molecule has 3 nitrogen and oxygen atoms in total. The molecule has 0 spiro atoms. The van der Waals surface area contributed by atoms with Gasteiger partial charge in [-0.15, -0.1) is 0 Å². The summed E-state index contributed by atoms with van der Waals surface area (Å²) in [5, 5.41) is 8.79. The van der Waals surface area contributed by atoms with Gasteiger partial charge in [-0.25, -0.2) is 4.79 Å². The molecule has 0 atom stereocenters. The highest BCUT2D eigenvalue weighted by Crippen LogP contribution is 2.40. The number of rotatable bonds is 3. The minimum absolute atomic E-state index is 0.0137. The van der Waals surface area contributed by atoms with Gasteiger partial charge < -0.3 is 4.74 Å². The molecule has 0 N–H and O–H groups in total. The Morgan fingerprint density at radius 2 is 2.16 bits per heavy atom. The quantitative estimate of drug-likeness (QED) is 0.606. The maximum atomic E-state index is 12.4. The topological polar surface area (TPSA) is 50.1 Å². The van der Waals surface area contributed by atoms with E-state index in [2.05, 4.69) is 20.7 Å². The molecule has 0 amide bonds. The van der Waals surface area contributed by atoms with Gasteiger partial charge >= 0.3 is 11.5 Å². The van der Waals surface area contributed by atoms with E-state index in [9.17, 15) is 18.0 Å². The third-order valence-corrected chi connectivity index (χ3v) is 3.36. The second-order valence-corrected chi connectivity index (χ2v) is 5.17. The normalized spacial score (nSPS) is 10.9. The molecule has 0 fully saturated rings. The zero-order chi connectivity index (χ0) is 14.6. The first-order valence-corrected chi connectivity index (χ1v) is 6.56. The van der Waals surface area contributed by atoms with Crippen LogP contribution in [0.2, 0.25) is 0 Å². The van der Waals surface area contributed by atoms with Crippen molar-refractivity contribution in [2.24, 2.45) is 0 Å². The predicted octanol–water partition coefficient (Wildman–Crippen LogP) is 4.11. The summed E-state index contributed by atoms with van der Waals surface area (Å²) in [6.07, 6.45) is 0. The van der Waals surface area contributed by atoms with Gasteiger partial charge in [0.2, 0.25) is 0 Å². The van der Waals surface area contributed by atoms with Crippen LogP contribution in [0.15, 0.2) is 21.5 Å². The second kappa shape index (κ2) is 6.30. The van der Waals surface area contributed by atoms with Crippen LogP contribution in [0.5, 0.6) is 0 Å². The first-order chi connectivity index (χ1) is 8.78. The second-order valence-electron chi connectivity index (χ2n) is 3.21. The van der Waals surface area contributed by atoms with Crippen LogP contribution in [0.3, 0.4) is 0 Å². The summed E-state index contributed by atoms with van der Waals surface area (Å²) in [5.41, 5.74) is -4.77. The Bertz CT molecular complexity index is 540. The van der Waals surface area contributed by atoms with Crippen LogP contribution in [0.1, 0.15) is 22.8 Å². The van der Waals surface area contributed by atoms with Gasteiger partial charge in [-0.3, -0.25) is 0 Å². The molecule has 0 saturated carbocycles. The lowest BCUT2D eigenvalue weighted by Crippen LogP contribution is -2.09. The molecule has 102 valence electrons. The van der Waals surface area contributed by atoms with Crippen molar-refractivity contribution < 1.29 is 22.7 Å². The van der Waals surface area contributed by atoms with E-state index in [-0.39, 0.29) is 27.1 Å². The first kappa shape index (κ1) is 15.9. The molecular weight excluding hydrogens is 347 g/mol. The summed E-state index contributed by atoms with van der Waals surface area (Å²) in [4.78, 5) is 11.2. The highest BCUT2D eigenvalue weighted by Gasteiger charge is 2.32. The van der Waals surface area contributed by atoms with Crippen LogP contribution in [0.4, 0.5) is 13.2 Å². The number of halogens is 4. The fourth-order valence-corrected chi connectivity index (χ4v) is 2.33. The number of carbonyl (C=O) groups is 1. The van der Waals surface area contributed by atoms with Crippen molar-refractivity contribution in [3.8, 4) is 6.07 Å². The third-order valence-electron chi connectivity index (χ3n) is 1.91. The molecule has 8 heteroatoms. The molecule has 1 aromatic rings. The Morgan fingerprint density at radius 3 is 2.63 bits per heavy atom. The smallest absolute Gasteiger partial charge is 0.446 e. The number of thioether (sulfide) groups is 1. The number of hydrogen-bond donors (Lipinski definition) is 0. The van der Waals surface area contributed by atoms with E-state index < -0.39 is 23.2 Å². The molecular formula is C11H7BrF3NO2S. The number of nitrogens with zero attached hydrogens (tertiary/aromatic N) is 1. The predicted molar refractivity (Wildman–Crippen MR) is 66.7 cm³/mol. The number of ether oxygens (including phenoxy) is 1. The summed E-state index contributed by atoms with van der Waals surface area (Å²) in [6.45, 7) is 1.60. The fourth-order valence-electron chi connectivity index (χ4n) is 1.22. The molecule has 1 aromatic carbocycles. The summed E-state index contributed by atoms with van der Waals surface area (Å²) in [6, 6.07) is 3.91. The number of hydrogen-bond acceptors (Lipinski definition) is 4. The Kier molecular flexibility index (Phi) is 5.26. The highest BCUT2D eigenvalue weighted by atomic mass is 79.9. The Labute approximate surface area is 119 Å². The van der Waals surface area contributed by atoms with E-state index >= 15 is 0 Å². The van der Waals surface area contributed by atoms with Crippen LogP contribution in [-0.4, -0.2) is 18.1 Å². The molecule has 0 aliphatic rings. The Morgan fingerprint density at radius 1 is 1.53 bits per heavy atom. The first-order valence-electron chi connectivity index (χ1n) is 4.95. The van der Waals surface area contributed by atoms with E-state index in [4.69, 9.17) is 5.26 Å². The summed E-state index contributed by atoms with van der Waals surface area (Å²) < 4.78 is 42.2. The minimum atomic E-state index is -4.55. The lowest BCUT2D eigenvalue weighted by Gasteiger charge is -2.11. The lowest BCUT2D eigenvalue weighted by molar-refractivity contribution is -0.0328. The zero-order valence-electron chi connectivity index (χ0n) is 9.55. The van der Waals surface area contributed by atoms with E-state index in [0.29, 0.717) is 0 Å². The van der Waals surface area contributed by atoms with Crippen molar-refractivity contribution in [1.82, 2.24) is 0 Å². The van der Waals surface area contributed by atoms with Crippen molar-refractivity contribution >= 4 is 33.7 Å². The zero-order valence-corrected chi connectivity index (χ0v) is 11.9. The lowest BCUT2D eigenvalue weighted by atomic mass is 10.1. The summed E-state index contributed by atoms with van der Waals surface area (Å²) in [5.74, 6) is -0.862. The van der Waals surface area contributed by atoms with E-state index in [1.165, 1.54) is 0 Å². The monoisotopic (exact) mass is 353 g/mol. The highest BCUT2D eigenvalue weighted by molar-refractivity contribution is 9.10. The van der Waals surface area contributed by atoms with Crippen molar-refractivity contribution in [3.05, 3.63) is 27.7 Å². The van der Waals surface area contributed by atoms with Crippen molar-refractivity contribution in [2.45, 2.75) is 17.3 Å². The minimum Gasteiger partial charge on any atom is -0.462 e. The van der Waals surface area contributed by atoms with E-state index in [0.717, 1.165) is 12.1 Å². The SMILES string of the molecule is CCOC(=O)c1cc(Br)c(C#N)cc1SC(F)(F)F. The molecule has 0 bridgehead atoms. The maximum Gasteiger partial charge on any atom is 0.446 e. The standard InChI is InChI=1S/C11H7BrF3NO2S/c1-2-18-10(17)7-4-8(12)6(5-16)3-9(7)19-11(13,14)15/h3-4H,2H2,1H3. The Balaban J connectivity index is 3.31. The van der Waals surface area contributed by atoms with Crippen molar-refractivity contribution in [2.75, 3.05) is 6.61 Å². The average molecular weight is 354 g/mol. The number of carbonyl (C=O) groups excluding carboxylic acids is 1. The van der Waals surface area contributed by atoms with E-state index in [1.54, 1.807) is 13.0 Å². The van der Waals surface area contributed by atoms with Gasteiger partial charge in [0, 0.05) is 9.37 Å². The number of benzene rings is 1. The summed E-state index contributed by atoms with van der Waals surface area (Å²) >= 11 is 2.57. The Hall–Kier alpha value is -1.20.